The van der Waals surface area contributed by atoms with E-state index in [0.717, 1.165) is 51.5 Å². The zero-order chi connectivity index (χ0) is 36.8. The molecule has 3 nitrogen and oxygen atoms in total. The number of benzene rings is 7. The summed E-state index contributed by atoms with van der Waals surface area (Å²) in [5, 5.41) is 2.72. The molecule has 1 heterocycles. The summed E-state index contributed by atoms with van der Waals surface area (Å²) >= 11 is 0. The number of fused-ring (bicyclic) bond motifs is 4. The Hall–Kier alpha value is -6.19. The first kappa shape index (κ1) is 32.1. The van der Waals surface area contributed by atoms with Crippen molar-refractivity contribution in [3.8, 4) is 67.5 Å². The van der Waals surface area contributed by atoms with Crippen LogP contribution in [0.2, 0.25) is 0 Å². The van der Waals surface area contributed by atoms with E-state index in [9.17, 15) is 0 Å². The third-order valence-corrected chi connectivity index (χ3v) is 13.9. The Morgan fingerprint density at radius 2 is 0.857 bits per heavy atom. The van der Waals surface area contributed by atoms with Crippen molar-refractivity contribution in [1.82, 2.24) is 15.0 Å². The molecule has 5 aliphatic carbocycles. The normalized spacial score (nSPS) is 22.7. The Balaban J connectivity index is 0.990. The highest BCUT2D eigenvalue weighted by Crippen LogP contribution is 2.69. The molecule has 0 unspecified atom stereocenters. The van der Waals surface area contributed by atoms with Crippen LogP contribution in [0.3, 0.4) is 0 Å². The summed E-state index contributed by atoms with van der Waals surface area (Å²) in [7, 11) is 0. The van der Waals surface area contributed by atoms with Crippen molar-refractivity contribution in [2.24, 2.45) is 23.7 Å². The Labute approximate surface area is 328 Å². The minimum absolute atomic E-state index is 0.105. The molecule has 0 N–H and O–H groups in total. The molecule has 4 saturated carbocycles. The van der Waals surface area contributed by atoms with Crippen molar-refractivity contribution in [2.75, 3.05) is 0 Å². The van der Waals surface area contributed by atoms with E-state index < -0.39 is 0 Å². The van der Waals surface area contributed by atoms with Crippen LogP contribution in [0.1, 0.15) is 43.2 Å². The van der Waals surface area contributed by atoms with E-state index >= 15 is 0 Å². The first-order valence-corrected chi connectivity index (χ1v) is 20.4. The van der Waals surface area contributed by atoms with Crippen LogP contribution in [-0.4, -0.2) is 15.0 Å². The summed E-state index contributed by atoms with van der Waals surface area (Å²) < 4.78 is 0. The molecule has 3 heteroatoms. The van der Waals surface area contributed by atoms with Crippen LogP contribution in [0, 0.1) is 23.7 Å². The predicted molar refractivity (Wildman–Crippen MR) is 228 cm³/mol. The summed E-state index contributed by atoms with van der Waals surface area (Å²) in [4.78, 5) is 15.2. The van der Waals surface area contributed by atoms with Gasteiger partial charge in [-0.2, -0.15) is 0 Å². The Morgan fingerprint density at radius 1 is 0.339 bits per heavy atom. The van der Waals surface area contributed by atoms with E-state index in [1.165, 1.54) is 65.1 Å². The van der Waals surface area contributed by atoms with Gasteiger partial charge in [0.1, 0.15) is 0 Å². The van der Waals surface area contributed by atoms with Gasteiger partial charge in [0.25, 0.3) is 0 Å². The molecule has 5 aliphatic rings. The van der Waals surface area contributed by atoms with Crippen molar-refractivity contribution >= 4 is 10.8 Å². The van der Waals surface area contributed by atoms with Crippen LogP contribution in [-0.2, 0) is 5.41 Å². The molecule has 1 spiro atoms. The van der Waals surface area contributed by atoms with Gasteiger partial charge in [0.05, 0.1) is 0 Å². The van der Waals surface area contributed by atoms with Gasteiger partial charge >= 0.3 is 0 Å². The Kier molecular flexibility index (Phi) is 7.11. The SMILES string of the molecule is c1ccc(-c2nc(-c3ccccc3)nc(-c3ccccc3-c3cccc(-c4ccc5c(c4)C4(c6cc7ccccc7cc6-5)C5CC6CC(C5)CC4C6)c3)n2)cc1. The van der Waals surface area contributed by atoms with Crippen LogP contribution < -0.4 is 0 Å². The Bertz CT molecular complexity index is 2740. The average molecular weight is 720 g/mol. The van der Waals surface area contributed by atoms with E-state index in [4.69, 9.17) is 15.0 Å². The number of hydrogen-bond acceptors (Lipinski definition) is 3. The minimum atomic E-state index is 0.105. The topological polar surface area (TPSA) is 38.7 Å². The van der Waals surface area contributed by atoms with Crippen LogP contribution in [0.4, 0.5) is 0 Å². The van der Waals surface area contributed by atoms with E-state index in [1.807, 2.05) is 36.4 Å². The van der Waals surface area contributed by atoms with Gasteiger partial charge in [0.15, 0.2) is 17.5 Å². The first-order chi connectivity index (χ1) is 27.7. The maximum atomic E-state index is 5.11. The number of aromatic nitrogens is 3. The quantitative estimate of drug-likeness (QED) is 0.178. The highest BCUT2D eigenvalue weighted by molar-refractivity contribution is 5.95. The smallest absolute Gasteiger partial charge is 0.164 e. The summed E-state index contributed by atoms with van der Waals surface area (Å²) in [5.41, 5.74) is 14.0. The lowest BCUT2D eigenvalue weighted by atomic mass is 9.43. The molecule has 1 aromatic heterocycles. The standard InChI is InChI=1S/C53H41N3/c1-3-12-35(13-4-1)50-54-51(36-14-5-2-6-15-36)56-52(55-50)46-21-10-9-20-44(46)41-19-11-18-37(29-41)40-22-23-45-47-30-38-16-7-8-17-39(38)31-49(47)53(48(45)32-40)42-25-33-24-34(27-42)28-43(53)26-33/h1-23,29-34,42-43H,24-28H2. The number of rotatable bonds is 5. The average Bonchev–Trinajstić information content (AvgIpc) is 3.53. The highest BCUT2D eigenvalue weighted by Gasteiger charge is 2.61. The molecule has 4 fully saturated rings. The fraction of sp³-hybridized carbons (Fsp3) is 0.189. The molecule has 13 rings (SSSR count). The molecule has 0 saturated heterocycles. The molecule has 4 bridgehead atoms. The van der Waals surface area contributed by atoms with Gasteiger partial charge in [0, 0.05) is 22.1 Å². The second-order valence-electron chi connectivity index (χ2n) is 16.8. The summed E-state index contributed by atoms with van der Waals surface area (Å²) in [6.07, 6.45) is 6.98. The van der Waals surface area contributed by atoms with Crippen LogP contribution >= 0.6 is 0 Å². The van der Waals surface area contributed by atoms with Gasteiger partial charge in [0.2, 0.25) is 0 Å². The minimum Gasteiger partial charge on any atom is -0.208 e. The fourth-order valence-electron chi connectivity index (χ4n) is 11.8. The molecular weight excluding hydrogens is 679 g/mol. The van der Waals surface area contributed by atoms with Gasteiger partial charge in [-0.15, -0.1) is 0 Å². The molecule has 0 radical (unpaired) electrons. The molecule has 0 aliphatic heterocycles. The third kappa shape index (κ3) is 4.86. The maximum Gasteiger partial charge on any atom is 0.164 e. The van der Waals surface area contributed by atoms with Gasteiger partial charge in [-0.1, -0.05) is 140 Å². The van der Waals surface area contributed by atoms with E-state index in [1.54, 1.807) is 11.1 Å². The van der Waals surface area contributed by atoms with E-state index in [0.29, 0.717) is 17.5 Å². The molecular formula is C53H41N3. The largest absolute Gasteiger partial charge is 0.208 e. The monoisotopic (exact) mass is 719 g/mol. The first-order valence-electron chi connectivity index (χ1n) is 20.4. The number of nitrogens with zero attached hydrogens (tertiary/aromatic N) is 3. The van der Waals surface area contributed by atoms with Crippen molar-refractivity contribution in [3.63, 3.8) is 0 Å². The summed E-state index contributed by atoms with van der Waals surface area (Å²) in [6, 6.07) is 59.6. The molecule has 0 amide bonds. The lowest BCUT2D eigenvalue weighted by Gasteiger charge is -2.61. The van der Waals surface area contributed by atoms with Crippen molar-refractivity contribution in [2.45, 2.75) is 37.5 Å². The third-order valence-electron chi connectivity index (χ3n) is 13.9. The highest BCUT2D eigenvalue weighted by atomic mass is 15.0. The van der Waals surface area contributed by atoms with Crippen molar-refractivity contribution in [3.05, 3.63) is 175 Å². The maximum absolute atomic E-state index is 5.11. The molecule has 7 aromatic carbocycles. The second-order valence-corrected chi connectivity index (χ2v) is 16.8. The zero-order valence-electron chi connectivity index (χ0n) is 31.3. The van der Waals surface area contributed by atoms with E-state index in [2.05, 4.69) is 127 Å². The van der Waals surface area contributed by atoms with Crippen molar-refractivity contribution in [1.29, 1.82) is 0 Å². The lowest BCUT2D eigenvalue weighted by Crippen LogP contribution is -2.55. The second kappa shape index (κ2) is 12.4. The molecule has 0 atom stereocenters. The fourth-order valence-corrected chi connectivity index (χ4v) is 11.8. The van der Waals surface area contributed by atoms with Crippen LogP contribution in [0.15, 0.2) is 164 Å². The molecule has 8 aromatic rings. The number of hydrogen-bond donors (Lipinski definition) is 0. The molecule has 56 heavy (non-hydrogen) atoms. The van der Waals surface area contributed by atoms with Gasteiger partial charge < -0.3 is 0 Å². The van der Waals surface area contributed by atoms with Crippen LogP contribution in [0.25, 0.3) is 78.3 Å². The van der Waals surface area contributed by atoms with Gasteiger partial charge in [-0.25, -0.2) is 15.0 Å². The van der Waals surface area contributed by atoms with E-state index in [-0.39, 0.29) is 5.41 Å². The molecule has 268 valence electrons. The summed E-state index contributed by atoms with van der Waals surface area (Å²) in [6.45, 7) is 0. The lowest BCUT2D eigenvalue weighted by molar-refractivity contribution is -0.0398. The summed E-state index contributed by atoms with van der Waals surface area (Å²) in [5.74, 6) is 5.27. The zero-order valence-corrected chi connectivity index (χ0v) is 31.3. The van der Waals surface area contributed by atoms with Crippen LogP contribution in [0.5, 0.6) is 0 Å². The van der Waals surface area contributed by atoms with Crippen molar-refractivity contribution < 1.29 is 0 Å². The predicted octanol–water partition coefficient (Wildman–Crippen LogP) is 13.1. The Morgan fingerprint density at radius 3 is 1.54 bits per heavy atom. The van der Waals surface area contributed by atoms with Gasteiger partial charge in [-0.05, 0) is 135 Å². The van der Waals surface area contributed by atoms with Gasteiger partial charge in [-0.3, -0.25) is 0 Å².